The Balaban J connectivity index is 1.53. The van der Waals surface area contributed by atoms with Gasteiger partial charge in [-0.3, -0.25) is 14.6 Å². The Labute approximate surface area is 208 Å². The number of pyridine rings is 1. The van der Waals surface area contributed by atoms with Crippen molar-refractivity contribution in [3.05, 3.63) is 89.7 Å². The van der Waals surface area contributed by atoms with E-state index in [2.05, 4.69) is 10.3 Å². The van der Waals surface area contributed by atoms with Gasteiger partial charge < -0.3 is 15.0 Å². The van der Waals surface area contributed by atoms with Gasteiger partial charge in [-0.2, -0.15) is 0 Å². The van der Waals surface area contributed by atoms with E-state index in [1.807, 2.05) is 25.1 Å². The molecule has 36 heavy (non-hydrogen) atoms. The van der Waals surface area contributed by atoms with E-state index in [-0.39, 0.29) is 19.6 Å². The average Bonchev–Trinajstić information content (AvgIpc) is 3.09. The first-order valence-electron chi connectivity index (χ1n) is 11.5. The van der Waals surface area contributed by atoms with E-state index in [9.17, 15) is 19.2 Å². The Morgan fingerprint density at radius 3 is 2.39 bits per heavy atom. The minimum absolute atomic E-state index is 0.132. The molecule has 184 valence electrons. The molecule has 1 aliphatic heterocycles. The minimum atomic E-state index is -0.988. The van der Waals surface area contributed by atoms with Gasteiger partial charge in [0, 0.05) is 24.6 Å². The molecule has 4 amide bonds. The number of urea groups is 1. The molecule has 2 heterocycles. The van der Waals surface area contributed by atoms with E-state index in [0.29, 0.717) is 16.9 Å². The lowest BCUT2D eigenvalue weighted by atomic mass is 10.1. The fourth-order valence-corrected chi connectivity index (χ4v) is 3.93. The first kappa shape index (κ1) is 24.6. The number of hydrogen-bond acceptors (Lipinski definition) is 6. The number of carbonyl (C=O) groups is 4. The zero-order valence-electron chi connectivity index (χ0n) is 20.0. The Morgan fingerprint density at radius 1 is 1.03 bits per heavy atom. The first-order chi connectivity index (χ1) is 17.4. The molecule has 3 aromatic rings. The Morgan fingerprint density at radius 2 is 1.75 bits per heavy atom. The number of amides is 4. The highest BCUT2D eigenvalue weighted by molar-refractivity contribution is 6.22. The third-order valence-corrected chi connectivity index (χ3v) is 5.75. The van der Waals surface area contributed by atoms with Crippen molar-refractivity contribution in [3.8, 4) is 0 Å². The van der Waals surface area contributed by atoms with Gasteiger partial charge in [0.1, 0.15) is 6.04 Å². The summed E-state index contributed by atoms with van der Waals surface area (Å²) < 4.78 is 4.96. The van der Waals surface area contributed by atoms with E-state index < -0.39 is 29.9 Å². The van der Waals surface area contributed by atoms with Crippen LogP contribution in [0.1, 0.15) is 34.8 Å². The molecule has 9 heteroatoms. The van der Waals surface area contributed by atoms with Crippen LogP contribution in [0.3, 0.4) is 0 Å². The molecule has 1 aromatic heterocycles. The number of esters is 1. The molecule has 1 fully saturated rings. The number of benzene rings is 2. The summed E-state index contributed by atoms with van der Waals surface area (Å²) in [6.45, 7) is 4.03. The maximum atomic E-state index is 13.4. The van der Waals surface area contributed by atoms with Gasteiger partial charge in [0.2, 0.25) is 5.91 Å². The molecule has 4 rings (SSSR count). The third-order valence-electron chi connectivity index (χ3n) is 5.75. The molecule has 0 spiro atoms. The normalized spacial score (nSPS) is 15.2. The van der Waals surface area contributed by atoms with Crippen molar-refractivity contribution in [3.63, 3.8) is 0 Å². The average molecular weight is 487 g/mol. The summed E-state index contributed by atoms with van der Waals surface area (Å²) in [5.74, 6) is -1.36. The summed E-state index contributed by atoms with van der Waals surface area (Å²) in [6.07, 6.45) is 3.01. The summed E-state index contributed by atoms with van der Waals surface area (Å²) in [4.78, 5) is 58.1. The van der Waals surface area contributed by atoms with E-state index in [4.69, 9.17) is 4.74 Å². The summed E-state index contributed by atoms with van der Waals surface area (Å²) in [5.41, 5.74) is 3.01. The number of carbonyl (C=O) groups excluding carboxylic acids is 4. The molecule has 2 aromatic carbocycles. The van der Waals surface area contributed by atoms with Crippen LogP contribution >= 0.6 is 0 Å². The second kappa shape index (κ2) is 10.8. The predicted octanol–water partition coefficient (Wildman–Crippen LogP) is 3.93. The molecule has 0 bridgehead atoms. The van der Waals surface area contributed by atoms with Crippen LogP contribution in [0, 0.1) is 6.92 Å². The number of aromatic nitrogens is 1. The number of nitrogens with zero attached hydrogens (tertiary/aromatic N) is 3. The summed E-state index contributed by atoms with van der Waals surface area (Å²) in [5, 5.41) is 2.74. The molecular formula is C27H26N4O5. The van der Waals surface area contributed by atoms with E-state index >= 15 is 0 Å². The van der Waals surface area contributed by atoms with Crippen LogP contribution in [-0.2, 0) is 20.9 Å². The summed E-state index contributed by atoms with van der Waals surface area (Å²) in [7, 11) is 0. The van der Waals surface area contributed by atoms with Gasteiger partial charge in [0.25, 0.3) is 5.91 Å². The Kier molecular flexibility index (Phi) is 7.39. The number of anilines is 2. The lowest BCUT2D eigenvalue weighted by Gasteiger charge is -2.21. The van der Waals surface area contributed by atoms with Crippen molar-refractivity contribution in [1.82, 2.24) is 9.88 Å². The number of hydrogen-bond donors (Lipinski definition) is 1. The first-order valence-corrected chi connectivity index (χ1v) is 11.5. The van der Waals surface area contributed by atoms with Crippen molar-refractivity contribution in [2.75, 3.05) is 16.8 Å². The standard InChI is InChI=1S/C27H26N4O5/c1-3-36-26(34)20-8-10-21(11-9-20)29-24(32)15-23-25(33)31(22-12-6-18(2)7-13-22)27(35)30(23)17-19-5-4-14-28-16-19/h4-14,16,23H,3,15,17H2,1-2H3,(H,29,32)/t23-/m0/s1. The fraction of sp³-hybridized carbons (Fsp3) is 0.222. The zero-order valence-corrected chi connectivity index (χ0v) is 20.0. The predicted molar refractivity (Wildman–Crippen MR) is 133 cm³/mol. The minimum Gasteiger partial charge on any atom is -0.462 e. The van der Waals surface area contributed by atoms with Gasteiger partial charge in [-0.1, -0.05) is 23.8 Å². The van der Waals surface area contributed by atoms with Crippen LogP contribution in [0.25, 0.3) is 0 Å². The molecule has 1 saturated heterocycles. The molecule has 9 nitrogen and oxygen atoms in total. The number of ether oxygens (including phenoxy) is 1. The van der Waals surface area contributed by atoms with E-state index in [1.165, 1.54) is 4.90 Å². The highest BCUT2D eigenvalue weighted by atomic mass is 16.5. The number of imide groups is 1. The second-order valence-corrected chi connectivity index (χ2v) is 8.35. The number of aryl methyl sites for hydroxylation is 1. The molecule has 1 N–H and O–H groups in total. The summed E-state index contributed by atoms with van der Waals surface area (Å²) >= 11 is 0. The van der Waals surface area contributed by atoms with Crippen LogP contribution in [0.5, 0.6) is 0 Å². The highest BCUT2D eigenvalue weighted by Gasteiger charge is 2.46. The van der Waals surface area contributed by atoms with Crippen LogP contribution in [0.4, 0.5) is 16.2 Å². The largest absolute Gasteiger partial charge is 0.462 e. The molecule has 0 saturated carbocycles. The highest BCUT2D eigenvalue weighted by Crippen LogP contribution is 2.29. The SMILES string of the molecule is CCOC(=O)c1ccc(NC(=O)C[C@H]2C(=O)N(c3ccc(C)cc3)C(=O)N2Cc2cccnc2)cc1. The monoisotopic (exact) mass is 486 g/mol. The van der Waals surface area contributed by atoms with Gasteiger partial charge in [-0.15, -0.1) is 0 Å². The van der Waals surface area contributed by atoms with Gasteiger partial charge in [-0.25, -0.2) is 14.5 Å². The number of rotatable bonds is 8. The van der Waals surface area contributed by atoms with Gasteiger partial charge in [0.05, 0.1) is 24.3 Å². The van der Waals surface area contributed by atoms with Crippen LogP contribution in [0.2, 0.25) is 0 Å². The lowest BCUT2D eigenvalue weighted by molar-refractivity contribution is -0.124. The van der Waals surface area contributed by atoms with E-state index in [0.717, 1.165) is 16.0 Å². The number of nitrogens with one attached hydrogen (secondary N) is 1. The third kappa shape index (κ3) is 5.41. The maximum Gasteiger partial charge on any atom is 0.338 e. The van der Waals surface area contributed by atoms with Crippen LogP contribution < -0.4 is 10.2 Å². The lowest BCUT2D eigenvalue weighted by Crippen LogP contribution is -2.37. The molecule has 0 unspecified atom stereocenters. The van der Waals surface area contributed by atoms with Gasteiger partial charge in [0.15, 0.2) is 0 Å². The molecule has 0 radical (unpaired) electrons. The van der Waals surface area contributed by atoms with Gasteiger partial charge >= 0.3 is 12.0 Å². The smallest absolute Gasteiger partial charge is 0.338 e. The quantitative estimate of drug-likeness (QED) is 0.382. The van der Waals surface area contributed by atoms with Crippen molar-refractivity contribution < 1.29 is 23.9 Å². The van der Waals surface area contributed by atoms with Crippen molar-refractivity contribution in [1.29, 1.82) is 0 Å². The molecule has 1 aliphatic rings. The molecule has 1 atom stereocenters. The summed E-state index contributed by atoms with van der Waals surface area (Å²) in [6, 6.07) is 15.4. The van der Waals surface area contributed by atoms with Crippen molar-refractivity contribution >= 4 is 35.2 Å². The zero-order chi connectivity index (χ0) is 25.7. The van der Waals surface area contributed by atoms with Crippen LogP contribution in [-0.4, -0.2) is 46.3 Å². The topological polar surface area (TPSA) is 109 Å². The van der Waals surface area contributed by atoms with Crippen molar-refractivity contribution in [2.45, 2.75) is 32.9 Å². The molecular weight excluding hydrogens is 460 g/mol. The Bertz CT molecular complexity index is 1260. The fourth-order valence-electron chi connectivity index (χ4n) is 3.93. The van der Waals surface area contributed by atoms with Gasteiger partial charge in [-0.05, 0) is 61.9 Å². The van der Waals surface area contributed by atoms with E-state index in [1.54, 1.807) is 61.8 Å². The second-order valence-electron chi connectivity index (χ2n) is 8.35. The molecule has 0 aliphatic carbocycles. The van der Waals surface area contributed by atoms with Crippen molar-refractivity contribution in [2.24, 2.45) is 0 Å². The Hall–Kier alpha value is -4.53. The van der Waals surface area contributed by atoms with Crippen LogP contribution in [0.15, 0.2) is 73.1 Å². The maximum absolute atomic E-state index is 13.4.